The molecule has 1 unspecified atom stereocenters. The number of hydrogen-bond acceptors (Lipinski definition) is 4. The van der Waals surface area contributed by atoms with Crippen molar-refractivity contribution in [3.63, 3.8) is 0 Å². The van der Waals surface area contributed by atoms with Crippen LogP contribution in [0.2, 0.25) is 5.02 Å². The molecule has 0 radical (unpaired) electrons. The second kappa shape index (κ2) is 6.37. The fraction of sp³-hybridized carbons (Fsp3) is 0.333. The fourth-order valence-corrected chi connectivity index (χ4v) is 1.54. The Balaban J connectivity index is 2.66. The first-order valence-corrected chi connectivity index (χ1v) is 5.64. The van der Waals surface area contributed by atoms with E-state index in [1.807, 2.05) is 0 Å². The van der Waals surface area contributed by atoms with Crippen molar-refractivity contribution in [2.75, 3.05) is 13.7 Å². The maximum atomic E-state index is 11.8. The molecule has 0 saturated carbocycles. The van der Waals surface area contributed by atoms with Gasteiger partial charge in [-0.05, 0) is 18.6 Å². The third-order valence-corrected chi connectivity index (χ3v) is 2.87. The molecule has 1 aromatic rings. The first-order valence-electron chi connectivity index (χ1n) is 5.26. The standard InChI is InChI=1S/C12H14ClNO4/c1-7-4-3-5-8(10(7)13)11(16)14-6-9(15)12(17)18-2/h3-5,9,15H,6H2,1-2H3,(H,14,16). The molecular weight excluding hydrogens is 258 g/mol. The lowest BCUT2D eigenvalue weighted by molar-refractivity contribution is -0.149. The minimum Gasteiger partial charge on any atom is -0.467 e. The average Bonchev–Trinajstić information content (AvgIpc) is 2.37. The van der Waals surface area contributed by atoms with Gasteiger partial charge in [0.15, 0.2) is 6.10 Å². The van der Waals surface area contributed by atoms with E-state index in [1.54, 1.807) is 25.1 Å². The van der Waals surface area contributed by atoms with E-state index in [9.17, 15) is 14.7 Å². The predicted molar refractivity (Wildman–Crippen MR) is 66.5 cm³/mol. The van der Waals surface area contributed by atoms with Crippen molar-refractivity contribution in [3.8, 4) is 0 Å². The van der Waals surface area contributed by atoms with Crippen molar-refractivity contribution in [2.45, 2.75) is 13.0 Å². The summed E-state index contributed by atoms with van der Waals surface area (Å²) in [6, 6.07) is 5.05. The van der Waals surface area contributed by atoms with Crippen LogP contribution in [0.15, 0.2) is 18.2 Å². The predicted octanol–water partition coefficient (Wildman–Crippen LogP) is 0.912. The summed E-state index contributed by atoms with van der Waals surface area (Å²) in [5, 5.41) is 12.1. The Bertz CT molecular complexity index is 461. The molecule has 98 valence electrons. The summed E-state index contributed by atoms with van der Waals surface area (Å²) in [7, 11) is 1.16. The summed E-state index contributed by atoms with van der Waals surface area (Å²) in [6.07, 6.45) is -1.39. The molecule has 0 heterocycles. The van der Waals surface area contributed by atoms with Crippen LogP contribution in [-0.4, -0.2) is 36.7 Å². The van der Waals surface area contributed by atoms with Gasteiger partial charge in [-0.25, -0.2) is 4.79 Å². The highest BCUT2D eigenvalue weighted by atomic mass is 35.5. The number of aryl methyl sites for hydroxylation is 1. The Morgan fingerprint density at radius 2 is 2.17 bits per heavy atom. The minimum atomic E-state index is -1.39. The minimum absolute atomic E-state index is 0.226. The number of methoxy groups -OCH3 is 1. The van der Waals surface area contributed by atoms with Gasteiger partial charge in [0.2, 0.25) is 0 Å². The molecule has 1 rings (SSSR count). The van der Waals surface area contributed by atoms with Gasteiger partial charge in [0, 0.05) is 0 Å². The average molecular weight is 272 g/mol. The highest BCUT2D eigenvalue weighted by molar-refractivity contribution is 6.34. The molecule has 0 aliphatic rings. The largest absolute Gasteiger partial charge is 0.467 e. The summed E-state index contributed by atoms with van der Waals surface area (Å²) in [4.78, 5) is 22.7. The SMILES string of the molecule is COC(=O)C(O)CNC(=O)c1cccc(C)c1Cl. The molecule has 1 amide bonds. The molecule has 0 aromatic heterocycles. The second-order valence-corrected chi connectivity index (χ2v) is 4.06. The first kappa shape index (κ1) is 14.5. The Kier molecular flexibility index (Phi) is 5.12. The lowest BCUT2D eigenvalue weighted by Crippen LogP contribution is -2.37. The van der Waals surface area contributed by atoms with Gasteiger partial charge in [-0.15, -0.1) is 0 Å². The zero-order valence-electron chi connectivity index (χ0n) is 10.1. The van der Waals surface area contributed by atoms with Crippen LogP contribution in [0.3, 0.4) is 0 Å². The van der Waals surface area contributed by atoms with E-state index in [0.29, 0.717) is 10.6 Å². The molecule has 0 bridgehead atoms. The summed E-state index contributed by atoms with van der Waals surface area (Å²) in [5.41, 5.74) is 1.08. The van der Waals surface area contributed by atoms with Gasteiger partial charge in [-0.3, -0.25) is 4.79 Å². The van der Waals surface area contributed by atoms with Crippen molar-refractivity contribution in [1.82, 2.24) is 5.32 Å². The Morgan fingerprint density at radius 3 is 2.78 bits per heavy atom. The Hall–Kier alpha value is -1.59. The lowest BCUT2D eigenvalue weighted by Gasteiger charge is -2.11. The Morgan fingerprint density at radius 1 is 1.50 bits per heavy atom. The molecule has 18 heavy (non-hydrogen) atoms. The molecular formula is C12H14ClNO4. The smallest absolute Gasteiger partial charge is 0.336 e. The molecule has 1 aromatic carbocycles. The molecule has 2 N–H and O–H groups in total. The van der Waals surface area contributed by atoms with Gasteiger partial charge in [0.05, 0.1) is 24.2 Å². The summed E-state index contributed by atoms with van der Waals surface area (Å²) >= 11 is 5.98. The van der Waals surface area contributed by atoms with E-state index in [2.05, 4.69) is 10.1 Å². The van der Waals surface area contributed by atoms with Gasteiger partial charge < -0.3 is 15.2 Å². The lowest BCUT2D eigenvalue weighted by atomic mass is 10.1. The number of carbonyl (C=O) groups excluding carboxylic acids is 2. The van der Waals surface area contributed by atoms with Crippen LogP contribution in [0.5, 0.6) is 0 Å². The highest BCUT2D eigenvalue weighted by Gasteiger charge is 2.18. The van der Waals surface area contributed by atoms with E-state index in [0.717, 1.165) is 12.7 Å². The molecule has 0 fully saturated rings. The maximum Gasteiger partial charge on any atom is 0.336 e. The van der Waals surface area contributed by atoms with Crippen LogP contribution < -0.4 is 5.32 Å². The number of hydrogen-bond donors (Lipinski definition) is 2. The number of halogens is 1. The van der Waals surface area contributed by atoms with Crippen LogP contribution in [-0.2, 0) is 9.53 Å². The zero-order chi connectivity index (χ0) is 13.7. The summed E-state index contributed by atoms with van der Waals surface area (Å²) in [6.45, 7) is 1.55. The van der Waals surface area contributed by atoms with Crippen LogP contribution >= 0.6 is 11.6 Å². The van der Waals surface area contributed by atoms with Gasteiger partial charge in [-0.2, -0.15) is 0 Å². The van der Waals surface area contributed by atoms with E-state index >= 15 is 0 Å². The zero-order valence-corrected chi connectivity index (χ0v) is 10.8. The van der Waals surface area contributed by atoms with Gasteiger partial charge in [0.1, 0.15) is 0 Å². The number of rotatable bonds is 4. The second-order valence-electron chi connectivity index (χ2n) is 3.69. The van der Waals surface area contributed by atoms with Crippen LogP contribution in [0.4, 0.5) is 0 Å². The molecule has 5 nitrogen and oxygen atoms in total. The van der Waals surface area contributed by atoms with Gasteiger partial charge in [0.25, 0.3) is 5.91 Å². The molecule has 0 saturated heterocycles. The van der Waals surface area contributed by atoms with E-state index < -0.39 is 18.0 Å². The number of esters is 1. The molecule has 1 atom stereocenters. The summed E-state index contributed by atoms with van der Waals surface area (Å²) in [5.74, 6) is -1.25. The molecule has 0 aliphatic heterocycles. The number of nitrogens with one attached hydrogen (secondary N) is 1. The highest BCUT2D eigenvalue weighted by Crippen LogP contribution is 2.19. The van der Waals surface area contributed by atoms with Gasteiger partial charge in [-0.1, -0.05) is 23.7 Å². The Labute approximate surface area is 110 Å². The fourth-order valence-electron chi connectivity index (χ4n) is 1.33. The van der Waals surface area contributed by atoms with Crippen LogP contribution in [0.1, 0.15) is 15.9 Å². The molecule has 6 heteroatoms. The number of benzene rings is 1. The van der Waals surface area contributed by atoms with Crippen LogP contribution in [0.25, 0.3) is 0 Å². The number of aliphatic hydroxyl groups excluding tert-OH is 1. The number of aliphatic hydroxyl groups is 1. The van der Waals surface area contributed by atoms with Gasteiger partial charge >= 0.3 is 5.97 Å². The van der Waals surface area contributed by atoms with Crippen molar-refractivity contribution < 1.29 is 19.4 Å². The number of carbonyl (C=O) groups is 2. The molecule has 0 spiro atoms. The summed E-state index contributed by atoms with van der Waals surface area (Å²) < 4.78 is 4.33. The van der Waals surface area contributed by atoms with Crippen molar-refractivity contribution in [2.24, 2.45) is 0 Å². The molecule has 0 aliphatic carbocycles. The third kappa shape index (κ3) is 3.45. The van der Waals surface area contributed by atoms with Crippen molar-refractivity contribution in [3.05, 3.63) is 34.3 Å². The van der Waals surface area contributed by atoms with E-state index in [4.69, 9.17) is 11.6 Å². The third-order valence-electron chi connectivity index (χ3n) is 2.37. The quantitative estimate of drug-likeness (QED) is 0.798. The van der Waals surface area contributed by atoms with E-state index in [-0.39, 0.29) is 6.54 Å². The normalized spacial score (nSPS) is 11.8. The number of amides is 1. The topological polar surface area (TPSA) is 75.6 Å². The number of ether oxygens (including phenoxy) is 1. The van der Waals surface area contributed by atoms with Crippen LogP contribution in [0, 0.1) is 6.92 Å². The van der Waals surface area contributed by atoms with E-state index in [1.165, 1.54) is 0 Å². The maximum absolute atomic E-state index is 11.8. The monoisotopic (exact) mass is 271 g/mol. The van der Waals surface area contributed by atoms with Crippen molar-refractivity contribution >= 4 is 23.5 Å². The first-order chi connectivity index (χ1) is 8.47. The van der Waals surface area contributed by atoms with Crippen molar-refractivity contribution in [1.29, 1.82) is 0 Å².